The molecule has 0 aliphatic carbocycles. The van der Waals surface area contributed by atoms with Crippen LogP contribution in [0.4, 0.5) is 5.69 Å². The molecule has 132 valence electrons. The zero-order valence-corrected chi connectivity index (χ0v) is 15.7. The molecule has 0 saturated heterocycles. The number of carbonyl (C=O) groups excluding carboxylic acids is 1. The molecule has 0 aliphatic rings. The van der Waals surface area contributed by atoms with E-state index in [1.165, 1.54) is 22.4 Å². The summed E-state index contributed by atoms with van der Waals surface area (Å²) in [7, 11) is 0. The second kappa shape index (κ2) is 8.25. The number of hydrogen-bond acceptors (Lipinski definition) is 3. The van der Waals surface area contributed by atoms with Crippen molar-refractivity contribution in [3.05, 3.63) is 93.4 Å². The van der Waals surface area contributed by atoms with E-state index in [0.717, 1.165) is 10.5 Å². The molecule has 0 bridgehead atoms. The molecule has 3 rings (SSSR count). The van der Waals surface area contributed by atoms with Gasteiger partial charge in [0.15, 0.2) is 0 Å². The highest BCUT2D eigenvalue weighted by molar-refractivity contribution is 7.98. The number of halogens is 1. The van der Waals surface area contributed by atoms with Crippen molar-refractivity contribution in [3.63, 3.8) is 0 Å². The standard InChI is InChI=1S/C20H17ClN2O2S/c1-26-18-11-5-4-10-17(18)22-19(24)15-8-6-12-23(20(15)25)13-14-7-2-3-9-16(14)21/h2-12H,13H2,1H3,(H,22,24). The maximum absolute atomic E-state index is 12.7. The Balaban J connectivity index is 1.88. The lowest BCUT2D eigenvalue weighted by Crippen LogP contribution is -2.29. The van der Waals surface area contributed by atoms with E-state index in [4.69, 9.17) is 11.6 Å². The Kier molecular flexibility index (Phi) is 5.81. The largest absolute Gasteiger partial charge is 0.321 e. The molecule has 2 aromatic carbocycles. The number of carbonyl (C=O) groups is 1. The minimum absolute atomic E-state index is 0.0930. The van der Waals surface area contributed by atoms with E-state index in [1.807, 2.05) is 48.7 Å². The van der Waals surface area contributed by atoms with Gasteiger partial charge in [-0.1, -0.05) is 41.9 Å². The van der Waals surface area contributed by atoms with E-state index >= 15 is 0 Å². The van der Waals surface area contributed by atoms with Gasteiger partial charge >= 0.3 is 0 Å². The molecule has 0 saturated carbocycles. The van der Waals surface area contributed by atoms with Crippen LogP contribution in [-0.2, 0) is 6.54 Å². The van der Waals surface area contributed by atoms with Gasteiger partial charge in [0.1, 0.15) is 5.56 Å². The summed E-state index contributed by atoms with van der Waals surface area (Å²) in [4.78, 5) is 26.3. The first kappa shape index (κ1) is 18.3. The van der Waals surface area contributed by atoms with Gasteiger partial charge in [0, 0.05) is 16.1 Å². The summed E-state index contributed by atoms with van der Waals surface area (Å²) < 4.78 is 1.48. The highest BCUT2D eigenvalue weighted by atomic mass is 35.5. The van der Waals surface area contributed by atoms with Gasteiger partial charge < -0.3 is 9.88 Å². The van der Waals surface area contributed by atoms with Crippen molar-refractivity contribution in [2.75, 3.05) is 11.6 Å². The predicted molar refractivity (Wildman–Crippen MR) is 107 cm³/mol. The van der Waals surface area contributed by atoms with Crippen LogP contribution >= 0.6 is 23.4 Å². The van der Waals surface area contributed by atoms with Crippen molar-refractivity contribution in [2.45, 2.75) is 11.4 Å². The van der Waals surface area contributed by atoms with E-state index in [0.29, 0.717) is 17.3 Å². The molecule has 1 heterocycles. The van der Waals surface area contributed by atoms with E-state index in [-0.39, 0.29) is 11.1 Å². The van der Waals surface area contributed by atoms with Crippen molar-refractivity contribution in [3.8, 4) is 0 Å². The lowest BCUT2D eigenvalue weighted by molar-refractivity contribution is 0.102. The third kappa shape index (κ3) is 4.00. The third-order valence-electron chi connectivity index (χ3n) is 3.92. The van der Waals surface area contributed by atoms with Gasteiger partial charge in [0.05, 0.1) is 12.2 Å². The number of thioether (sulfide) groups is 1. The fraction of sp³-hybridized carbons (Fsp3) is 0.100. The number of nitrogens with one attached hydrogen (secondary N) is 1. The molecule has 1 amide bonds. The number of rotatable bonds is 5. The average molecular weight is 385 g/mol. The summed E-state index contributed by atoms with van der Waals surface area (Å²) in [5.74, 6) is -0.426. The Morgan fingerprint density at radius 3 is 2.58 bits per heavy atom. The second-order valence-corrected chi connectivity index (χ2v) is 6.86. The molecule has 0 fully saturated rings. The highest BCUT2D eigenvalue weighted by Gasteiger charge is 2.14. The molecular weight excluding hydrogens is 368 g/mol. The number of pyridine rings is 1. The first-order chi connectivity index (χ1) is 12.6. The quantitative estimate of drug-likeness (QED) is 0.658. The predicted octanol–water partition coefficient (Wildman–Crippen LogP) is 4.52. The van der Waals surface area contributed by atoms with Crippen molar-refractivity contribution >= 4 is 35.0 Å². The molecule has 26 heavy (non-hydrogen) atoms. The zero-order valence-electron chi connectivity index (χ0n) is 14.1. The van der Waals surface area contributed by atoms with Gasteiger partial charge in [-0.15, -0.1) is 11.8 Å². The smallest absolute Gasteiger partial charge is 0.263 e. The van der Waals surface area contributed by atoms with Crippen molar-refractivity contribution in [2.24, 2.45) is 0 Å². The summed E-state index contributed by atoms with van der Waals surface area (Å²) in [6.07, 6.45) is 3.59. The Labute approximate surface area is 160 Å². The summed E-state index contributed by atoms with van der Waals surface area (Å²) in [5.41, 5.74) is 1.24. The first-order valence-corrected chi connectivity index (χ1v) is 9.57. The molecule has 6 heteroatoms. The van der Waals surface area contributed by atoms with Crippen LogP contribution in [0.5, 0.6) is 0 Å². The minimum Gasteiger partial charge on any atom is -0.321 e. The van der Waals surface area contributed by atoms with Gasteiger partial charge in [-0.2, -0.15) is 0 Å². The summed E-state index contributed by atoms with van der Waals surface area (Å²) in [6.45, 7) is 0.307. The molecule has 0 spiro atoms. The van der Waals surface area contributed by atoms with Gasteiger partial charge in [-0.3, -0.25) is 9.59 Å². The van der Waals surface area contributed by atoms with E-state index in [1.54, 1.807) is 18.3 Å². The van der Waals surface area contributed by atoms with Gasteiger partial charge in [-0.25, -0.2) is 0 Å². The Bertz CT molecular complexity index is 1000. The van der Waals surface area contributed by atoms with Crippen molar-refractivity contribution < 1.29 is 4.79 Å². The van der Waals surface area contributed by atoms with Crippen LogP contribution in [-0.4, -0.2) is 16.7 Å². The molecule has 0 radical (unpaired) electrons. The number of para-hydroxylation sites is 1. The lowest BCUT2D eigenvalue weighted by atomic mass is 10.2. The maximum atomic E-state index is 12.7. The van der Waals surface area contributed by atoms with E-state index < -0.39 is 5.91 Å². The first-order valence-electron chi connectivity index (χ1n) is 7.97. The average Bonchev–Trinajstić information content (AvgIpc) is 2.65. The second-order valence-electron chi connectivity index (χ2n) is 5.60. The van der Waals surface area contributed by atoms with Crippen LogP contribution in [0, 0.1) is 0 Å². The Morgan fingerprint density at radius 2 is 1.81 bits per heavy atom. The minimum atomic E-state index is -0.426. The molecule has 3 aromatic rings. The SMILES string of the molecule is CSc1ccccc1NC(=O)c1cccn(Cc2ccccc2Cl)c1=O. The lowest BCUT2D eigenvalue weighted by Gasteiger charge is -2.11. The van der Waals surface area contributed by atoms with Crippen LogP contribution < -0.4 is 10.9 Å². The van der Waals surface area contributed by atoms with E-state index in [9.17, 15) is 9.59 Å². The van der Waals surface area contributed by atoms with Crippen LogP contribution in [0.25, 0.3) is 0 Å². The molecular formula is C20H17ClN2O2S. The fourth-order valence-corrected chi connectivity index (χ4v) is 3.33. The number of aromatic nitrogens is 1. The van der Waals surface area contributed by atoms with Gasteiger partial charge in [0.2, 0.25) is 0 Å². The van der Waals surface area contributed by atoms with Crippen LogP contribution in [0.3, 0.4) is 0 Å². The fourth-order valence-electron chi connectivity index (χ4n) is 2.58. The molecule has 0 unspecified atom stereocenters. The number of nitrogens with zero attached hydrogens (tertiary/aromatic N) is 1. The topological polar surface area (TPSA) is 51.1 Å². The number of benzene rings is 2. The zero-order chi connectivity index (χ0) is 18.5. The maximum Gasteiger partial charge on any atom is 0.263 e. The van der Waals surface area contributed by atoms with Crippen LogP contribution in [0.15, 0.2) is 76.6 Å². The number of hydrogen-bond donors (Lipinski definition) is 1. The van der Waals surface area contributed by atoms with Crippen LogP contribution in [0.2, 0.25) is 5.02 Å². The van der Waals surface area contributed by atoms with Gasteiger partial charge in [-0.05, 0) is 42.2 Å². The Hall–Kier alpha value is -2.50. The van der Waals surface area contributed by atoms with Crippen molar-refractivity contribution in [1.82, 2.24) is 4.57 Å². The number of amides is 1. The van der Waals surface area contributed by atoms with Crippen molar-refractivity contribution in [1.29, 1.82) is 0 Å². The molecule has 1 aromatic heterocycles. The highest BCUT2D eigenvalue weighted by Crippen LogP contribution is 2.24. The van der Waals surface area contributed by atoms with Gasteiger partial charge in [0.25, 0.3) is 11.5 Å². The van der Waals surface area contributed by atoms with Crippen LogP contribution in [0.1, 0.15) is 15.9 Å². The normalized spacial score (nSPS) is 10.5. The summed E-state index contributed by atoms with van der Waals surface area (Å²) >= 11 is 7.70. The summed E-state index contributed by atoms with van der Waals surface area (Å²) in [5, 5.41) is 3.41. The number of anilines is 1. The third-order valence-corrected chi connectivity index (χ3v) is 5.08. The Morgan fingerprint density at radius 1 is 1.08 bits per heavy atom. The van der Waals surface area contributed by atoms with E-state index in [2.05, 4.69) is 5.32 Å². The monoisotopic (exact) mass is 384 g/mol. The molecule has 4 nitrogen and oxygen atoms in total. The summed E-state index contributed by atoms with van der Waals surface area (Å²) in [6, 6.07) is 18.0. The molecule has 0 aliphatic heterocycles. The molecule has 0 atom stereocenters. The molecule has 1 N–H and O–H groups in total.